The van der Waals surface area contributed by atoms with Crippen LogP contribution >= 0.6 is 11.6 Å². The van der Waals surface area contributed by atoms with Crippen LogP contribution in [0, 0.1) is 0 Å². The second-order valence-corrected chi connectivity index (χ2v) is 9.35. The van der Waals surface area contributed by atoms with Gasteiger partial charge in [-0.25, -0.2) is 4.98 Å². The van der Waals surface area contributed by atoms with Gasteiger partial charge in [-0.1, -0.05) is 41.9 Å². The number of aromatic nitrogens is 1. The third-order valence-corrected chi connectivity index (χ3v) is 6.82. The number of benzene rings is 3. The highest BCUT2D eigenvalue weighted by Gasteiger charge is 2.26. The summed E-state index contributed by atoms with van der Waals surface area (Å²) in [6.07, 6.45) is 2.35. The number of carbonyl (C=O) groups excluding carboxylic acids is 2. The fourth-order valence-corrected chi connectivity index (χ4v) is 4.84. The fourth-order valence-electron chi connectivity index (χ4n) is 4.72. The number of hydrogen-bond donors (Lipinski definition) is 1. The van der Waals surface area contributed by atoms with Gasteiger partial charge in [-0.3, -0.25) is 9.59 Å². The minimum atomic E-state index is -0.188. The van der Waals surface area contributed by atoms with Gasteiger partial charge in [0, 0.05) is 34.7 Å². The second kappa shape index (κ2) is 9.56. The van der Waals surface area contributed by atoms with Crippen molar-refractivity contribution in [3.63, 3.8) is 0 Å². The Morgan fingerprint density at radius 3 is 2.62 bits per heavy atom. The monoisotopic (exact) mass is 507 g/mol. The van der Waals surface area contributed by atoms with Crippen LogP contribution in [0.2, 0.25) is 5.02 Å². The molecule has 0 bridgehead atoms. The number of furan rings is 1. The van der Waals surface area contributed by atoms with E-state index in [0.29, 0.717) is 40.7 Å². The van der Waals surface area contributed by atoms with Crippen molar-refractivity contribution in [3.8, 4) is 11.5 Å². The SMILES string of the molecule is O=C(NCc1ccc2c(c1)CCN2C(=O)c1ccc(Cl)cc1)c1cc(-c2ccco2)nc2ccccc12. The van der Waals surface area contributed by atoms with E-state index < -0.39 is 0 Å². The molecule has 7 heteroatoms. The first kappa shape index (κ1) is 23.0. The van der Waals surface area contributed by atoms with E-state index in [0.717, 1.165) is 34.1 Å². The van der Waals surface area contributed by atoms with E-state index in [1.165, 1.54) is 0 Å². The first-order valence-corrected chi connectivity index (χ1v) is 12.4. The van der Waals surface area contributed by atoms with Crippen LogP contribution < -0.4 is 10.2 Å². The first-order valence-electron chi connectivity index (χ1n) is 12.0. The molecular weight excluding hydrogens is 486 g/mol. The Labute approximate surface area is 218 Å². The van der Waals surface area contributed by atoms with Crippen molar-refractivity contribution in [1.82, 2.24) is 10.3 Å². The molecule has 3 heterocycles. The molecule has 0 saturated heterocycles. The summed E-state index contributed by atoms with van der Waals surface area (Å²) >= 11 is 5.96. The number of halogens is 1. The third-order valence-electron chi connectivity index (χ3n) is 6.56. The highest BCUT2D eigenvalue weighted by atomic mass is 35.5. The van der Waals surface area contributed by atoms with Crippen molar-refractivity contribution >= 4 is 40.0 Å². The van der Waals surface area contributed by atoms with Crippen LogP contribution in [0.15, 0.2) is 95.6 Å². The lowest BCUT2D eigenvalue weighted by Crippen LogP contribution is -2.28. The van der Waals surface area contributed by atoms with Crippen LogP contribution in [-0.4, -0.2) is 23.3 Å². The predicted octanol–water partition coefficient (Wildman–Crippen LogP) is 6.28. The molecule has 3 aromatic carbocycles. The van der Waals surface area contributed by atoms with Gasteiger partial charge in [-0.15, -0.1) is 0 Å². The highest BCUT2D eigenvalue weighted by Crippen LogP contribution is 2.31. The molecule has 1 N–H and O–H groups in total. The van der Waals surface area contributed by atoms with E-state index >= 15 is 0 Å². The Morgan fingerprint density at radius 2 is 1.81 bits per heavy atom. The average molecular weight is 508 g/mol. The molecule has 1 aliphatic heterocycles. The Hall–Kier alpha value is -4.42. The highest BCUT2D eigenvalue weighted by molar-refractivity contribution is 6.30. The lowest BCUT2D eigenvalue weighted by molar-refractivity contribution is 0.0951. The Kier molecular flexibility index (Phi) is 5.94. The molecule has 1 aliphatic rings. The van der Waals surface area contributed by atoms with Crippen LogP contribution in [-0.2, 0) is 13.0 Å². The van der Waals surface area contributed by atoms with Crippen LogP contribution in [0.25, 0.3) is 22.4 Å². The summed E-state index contributed by atoms with van der Waals surface area (Å²) in [6, 6.07) is 25.8. The van der Waals surface area contributed by atoms with Crippen LogP contribution in [0.3, 0.4) is 0 Å². The first-order chi connectivity index (χ1) is 18.1. The molecule has 6 rings (SSSR count). The zero-order valence-corrected chi connectivity index (χ0v) is 20.5. The zero-order valence-electron chi connectivity index (χ0n) is 19.8. The maximum Gasteiger partial charge on any atom is 0.258 e. The average Bonchev–Trinajstić information content (AvgIpc) is 3.61. The number of carbonyl (C=O) groups is 2. The number of nitrogens with one attached hydrogen (secondary N) is 1. The molecule has 0 unspecified atom stereocenters. The summed E-state index contributed by atoms with van der Waals surface area (Å²) in [7, 11) is 0. The second-order valence-electron chi connectivity index (χ2n) is 8.91. The number of rotatable bonds is 5. The van der Waals surface area contributed by atoms with E-state index in [1.54, 1.807) is 47.6 Å². The van der Waals surface area contributed by atoms with Gasteiger partial charge in [0.25, 0.3) is 11.8 Å². The number of para-hydroxylation sites is 1. The number of fused-ring (bicyclic) bond motifs is 2. The molecule has 0 saturated carbocycles. The smallest absolute Gasteiger partial charge is 0.258 e. The molecule has 5 aromatic rings. The standard InChI is InChI=1S/C30H22ClN3O3/c31-22-10-8-20(9-11-22)30(36)34-14-13-21-16-19(7-12-27(21)34)18-32-29(35)24-17-26(28-6-3-15-37-28)33-25-5-2-1-4-23(24)25/h1-12,15-17H,13-14,18H2,(H,32,35). The minimum Gasteiger partial charge on any atom is -0.463 e. The van der Waals surface area contributed by atoms with Crippen molar-refractivity contribution < 1.29 is 14.0 Å². The Morgan fingerprint density at radius 1 is 0.973 bits per heavy atom. The Bertz CT molecular complexity index is 1630. The maximum absolute atomic E-state index is 13.3. The molecule has 0 fully saturated rings. The molecule has 2 amide bonds. The molecule has 6 nitrogen and oxygen atoms in total. The van der Waals surface area contributed by atoms with Crippen molar-refractivity contribution in [2.45, 2.75) is 13.0 Å². The summed E-state index contributed by atoms with van der Waals surface area (Å²) in [5.74, 6) is 0.371. The van der Waals surface area contributed by atoms with Gasteiger partial charge in [-0.05, 0) is 72.1 Å². The lowest BCUT2D eigenvalue weighted by atomic mass is 10.1. The topological polar surface area (TPSA) is 75.4 Å². The minimum absolute atomic E-state index is 0.0478. The third kappa shape index (κ3) is 4.47. The van der Waals surface area contributed by atoms with Crippen molar-refractivity contribution in [2.24, 2.45) is 0 Å². The van der Waals surface area contributed by atoms with E-state index in [9.17, 15) is 9.59 Å². The number of anilines is 1. The van der Waals surface area contributed by atoms with Gasteiger partial charge in [-0.2, -0.15) is 0 Å². The molecule has 2 aromatic heterocycles. The van der Waals surface area contributed by atoms with Gasteiger partial charge in [0.15, 0.2) is 5.76 Å². The van der Waals surface area contributed by atoms with Gasteiger partial charge < -0.3 is 14.6 Å². The van der Waals surface area contributed by atoms with Gasteiger partial charge in [0.05, 0.1) is 17.3 Å². The fraction of sp³-hybridized carbons (Fsp3) is 0.100. The summed E-state index contributed by atoms with van der Waals surface area (Å²) in [5.41, 5.74) is 5.44. The molecule has 0 spiro atoms. The van der Waals surface area contributed by atoms with Crippen LogP contribution in [0.4, 0.5) is 5.69 Å². The van der Waals surface area contributed by atoms with Gasteiger partial charge in [0.2, 0.25) is 0 Å². The van der Waals surface area contributed by atoms with Gasteiger partial charge >= 0.3 is 0 Å². The normalized spacial score (nSPS) is 12.5. The molecule has 182 valence electrons. The number of nitrogens with zero attached hydrogens (tertiary/aromatic N) is 2. The molecule has 0 atom stereocenters. The zero-order chi connectivity index (χ0) is 25.4. The maximum atomic E-state index is 13.3. The molecule has 0 radical (unpaired) electrons. The number of amides is 2. The van der Waals surface area contributed by atoms with Crippen LogP contribution in [0.1, 0.15) is 31.8 Å². The van der Waals surface area contributed by atoms with E-state index in [2.05, 4.69) is 16.4 Å². The number of hydrogen-bond acceptors (Lipinski definition) is 4. The van der Waals surface area contributed by atoms with E-state index in [1.807, 2.05) is 42.5 Å². The summed E-state index contributed by atoms with van der Waals surface area (Å²) < 4.78 is 5.51. The quantitative estimate of drug-likeness (QED) is 0.304. The molecule has 0 aliphatic carbocycles. The molecule has 37 heavy (non-hydrogen) atoms. The largest absolute Gasteiger partial charge is 0.463 e. The lowest BCUT2D eigenvalue weighted by Gasteiger charge is -2.18. The van der Waals surface area contributed by atoms with Gasteiger partial charge in [0.1, 0.15) is 5.69 Å². The number of pyridine rings is 1. The van der Waals surface area contributed by atoms with Crippen molar-refractivity contribution in [3.05, 3.63) is 118 Å². The van der Waals surface area contributed by atoms with Crippen molar-refractivity contribution in [2.75, 3.05) is 11.4 Å². The summed E-state index contributed by atoms with van der Waals surface area (Å²) in [4.78, 5) is 32.7. The van der Waals surface area contributed by atoms with Crippen molar-refractivity contribution in [1.29, 1.82) is 0 Å². The predicted molar refractivity (Wildman–Crippen MR) is 144 cm³/mol. The Balaban J connectivity index is 1.21. The summed E-state index contributed by atoms with van der Waals surface area (Å²) in [6.45, 7) is 0.981. The van der Waals surface area contributed by atoms with Crippen LogP contribution in [0.5, 0.6) is 0 Å². The summed E-state index contributed by atoms with van der Waals surface area (Å²) in [5, 5.41) is 4.42. The molecular formula is C30H22ClN3O3. The van der Waals surface area contributed by atoms with E-state index in [-0.39, 0.29) is 11.8 Å². The van der Waals surface area contributed by atoms with E-state index in [4.69, 9.17) is 16.0 Å².